The van der Waals surface area contributed by atoms with Crippen LogP contribution in [0.4, 0.5) is 13.9 Å². The fraction of sp³-hybridized carbons (Fsp3) is 0.286. The van der Waals surface area contributed by atoms with Crippen molar-refractivity contribution >= 4 is 49.5 Å². The Kier molecular flexibility index (Phi) is 6.53. The van der Waals surface area contributed by atoms with E-state index in [1.807, 2.05) is 22.4 Å². The predicted octanol–water partition coefficient (Wildman–Crippen LogP) is 5.76. The first-order chi connectivity index (χ1) is 14.7. The maximum Gasteiger partial charge on any atom is 0.185 e. The zero-order chi connectivity index (χ0) is 22.2. The molecule has 0 amide bonds. The Bertz CT molecular complexity index is 1190. The van der Waals surface area contributed by atoms with Gasteiger partial charge in [-0.2, -0.15) is 0 Å². The summed E-state index contributed by atoms with van der Waals surface area (Å²) in [5.74, 6) is -1.85. The monoisotopic (exact) mass is 502 g/mol. The Balaban J connectivity index is 1.42. The summed E-state index contributed by atoms with van der Waals surface area (Å²) in [6.45, 7) is 0.977. The summed E-state index contributed by atoms with van der Waals surface area (Å²) in [5, 5.41) is 3.20. The molecule has 1 aliphatic heterocycles. The van der Waals surface area contributed by atoms with Crippen LogP contribution in [-0.2, 0) is 16.3 Å². The second kappa shape index (κ2) is 9.02. The van der Waals surface area contributed by atoms with Crippen LogP contribution in [0.15, 0.2) is 46.7 Å². The van der Waals surface area contributed by atoms with Gasteiger partial charge in [0.25, 0.3) is 0 Å². The van der Waals surface area contributed by atoms with E-state index in [0.29, 0.717) is 48.5 Å². The summed E-state index contributed by atoms with van der Waals surface area (Å²) in [6.07, 6.45) is 1.28. The zero-order valence-corrected chi connectivity index (χ0v) is 19.3. The van der Waals surface area contributed by atoms with Crippen molar-refractivity contribution in [3.63, 3.8) is 0 Å². The number of hydrogen-bond donors (Lipinski definition) is 0. The Labute approximate surface area is 193 Å². The van der Waals surface area contributed by atoms with Crippen molar-refractivity contribution in [3.8, 4) is 0 Å². The second-order valence-corrected chi connectivity index (χ2v) is 11.3. The maximum absolute atomic E-state index is 14.0. The van der Waals surface area contributed by atoms with Crippen molar-refractivity contribution in [2.45, 2.75) is 29.4 Å². The summed E-state index contributed by atoms with van der Waals surface area (Å²) in [4.78, 5) is 6.26. The lowest BCUT2D eigenvalue weighted by Gasteiger charge is -2.31. The van der Waals surface area contributed by atoms with Crippen molar-refractivity contribution in [2.24, 2.45) is 0 Å². The number of benzene rings is 2. The van der Waals surface area contributed by atoms with Gasteiger partial charge in [0, 0.05) is 41.0 Å². The molecule has 2 heterocycles. The maximum atomic E-state index is 14.0. The summed E-state index contributed by atoms with van der Waals surface area (Å²) in [7, 11) is -3.87. The van der Waals surface area contributed by atoms with Crippen LogP contribution in [0.5, 0.6) is 0 Å². The van der Waals surface area contributed by atoms with Crippen LogP contribution in [0.2, 0.25) is 10.0 Å². The van der Waals surface area contributed by atoms with Crippen molar-refractivity contribution in [3.05, 3.63) is 74.7 Å². The predicted molar refractivity (Wildman–Crippen MR) is 120 cm³/mol. The van der Waals surface area contributed by atoms with E-state index in [4.69, 9.17) is 23.2 Å². The Morgan fingerprint density at radius 1 is 1.06 bits per heavy atom. The van der Waals surface area contributed by atoms with E-state index >= 15 is 0 Å². The van der Waals surface area contributed by atoms with Gasteiger partial charge in [0.1, 0.15) is 16.5 Å². The van der Waals surface area contributed by atoms with Gasteiger partial charge < -0.3 is 4.90 Å². The Morgan fingerprint density at radius 3 is 2.39 bits per heavy atom. The largest absolute Gasteiger partial charge is 0.348 e. The third-order valence-electron chi connectivity index (χ3n) is 5.20. The Morgan fingerprint density at radius 2 is 1.74 bits per heavy atom. The summed E-state index contributed by atoms with van der Waals surface area (Å²) in [5.41, 5.74) is 1.84. The summed E-state index contributed by atoms with van der Waals surface area (Å²) < 4.78 is 52.8. The molecule has 31 heavy (non-hydrogen) atoms. The Hall–Kier alpha value is -1.74. The molecule has 0 aliphatic carbocycles. The molecule has 0 saturated carbocycles. The van der Waals surface area contributed by atoms with Gasteiger partial charge >= 0.3 is 0 Å². The van der Waals surface area contributed by atoms with Gasteiger partial charge in [-0.25, -0.2) is 22.2 Å². The van der Waals surface area contributed by atoms with Gasteiger partial charge in [-0.05, 0) is 48.7 Å². The minimum absolute atomic E-state index is 0.345. The van der Waals surface area contributed by atoms with Crippen molar-refractivity contribution < 1.29 is 17.2 Å². The zero-order valence-electron chi connectivity index (χ0n) is 16.2. The highest BCUT2D eigenvalue weighted by Crippen LogP contribution is 2.31. The van der Waals surface area contributed by atoms with E-state index in [0.717, 1.165) is 28.5 Å². The third-order valence-corrected chi connectivity index (χ3v) is 8.88. The molecule has 0 atom stereocenters. The molecule has 10 heteroatoms. The lowest BCUT2D eigenvalue weighted by Crippen LogP contribution is -2.39. The average Bonchev–Trinajstić information content (AvgIpc) is 3.15. The molecule has 0 spiro atoms. The van der Waals surface area contributed by atoms with E-state index in [2.05, 4.69) is 4.98 Å². The smallest absolute Gasteiger partial charge is 0.185 e. The van der Waals surface area contributed by atoms with Gasteiger partial charge in [-0.15, -0.1) is 11.3 Å². The first kappa shape index (κ1) is 22.5. The fourth-order valence-electron chi connectivity index (χ4n) is 3.69. The topological polar surface area (TPSA) is 50.3 Å². The van der Waals surface area contributed by atoms with Crippen LogP contribution in [0.3, 0.4) is 0 Å². The minimum atomic E-state index is -3.87. The molecular formula is C21H18Cl2F2N2O2S2. The van der Waals surface area contributed by atoms with Crippen LogP contribution in [-0.4, -0.2) is 31.7 Å². The van der Waals surface area contributed by atoms with Crippen LogP contribution in [0, 0.1) is 11.6 Å². The highest BCUT2D eigenvalue weighted by atomic mass is 35.5. The van der Waals surface area contributed by atoms with Crippen LogP contribution < -0.4 is 4.90 Å². The summed E-state index contributed by atoms with van der Waals surface area (Å²) >= 11 is 13.6. The standard InChI is InChI=1S/C21H18Cl2F2N2O2S2/c22-14-7-13(8-15(23)10-14)9-17-12-30-21(26-17)27-5-3-18(4-6-27)31(28,29)20-2-1-16(24)11-19(20)25/h1-2,7-8,10-12,18H,3-6,9H2. The number of anilines is 1. The third kappa shape index (κ3) is 5.03. The van der Waals surface area contributed by atoms with Crippen molar-refractivity contribution in [2.75, 3.05) is 18.0 Å². The molecule has 164 valence electrons. The van der Waals surface area contributed by atoms with Gasteiger partial charge in [0.05, 0.1) is 10.9 Å². The number of piperidine rings is 1. The van der Waals surface area contributed by atoms with E-state index in [-0.39, 0.29) is 0 Å². The molecule has 1 aromatic heterocycles. The first-order valence-electron chi connectivity index (χ1n) is 9.55. The molecule has 1 fully saturated rings. The lowest BCUT2D eigenvalue weighted by atomic mass is 10.1. The highest BCUT2D eigenvalue weighted by Gasteiger charge is 2.34. The molecule has 3 aromatic rings. The minimum Gasteiger partial charge on any atom is -0.348 e. The van der Waals surface area contributed by atoms with Crippen molar-refractivity contribution in [1.82, 2.24) is 4.98 Å². The van der Waals surface area contributed by atoms with E-state index < -0.39 is 31.6 Å². The van der Waals surface area contributed by atoms with Gasteiger partial charge in [0.2, 0.25) is 0 Å². The van der Waals surface area contributed by atoms with E-state index in [1.54, 1.807) is 6.07 Å². The van der Waals surface area contributed by atoms with Crippen LogP contribution in [0.25, 0.3) is 0 Å². The van der Waals surface area contributed by atoms with Gasteiger partial charge in [0.15, 0.2) is 15.0 Å². The first-order valence-corrected chi connectivity index (χ1v) is 12.7. The SMILES string of the molecule is O=S(=O)(c1ccc(F)cc1F)C1CCN(c2nc(Cc3cc(Cl)cc(Cl)c3)cs2)CC1. The number of rotatable bonds is 5. The van der Waals surface area contributed by atoms with Crippen LogP contribution in [0.1, 0.15) is 24.1 Å². The quantitative estimate of drug-likeness (QED) is 0.416. The van der Waals surface area contributed by atoms with Crippen molar-refractivity contribution in [1.29, 1.82) is 0 Å². The number of hydrogen-bond acceptors (Lipinski definition) is 5. The van der Waals surface area contributed by atoms with E-state index in [9.17, 15) is 17.2 Å². The normalized spacial score (nSPS) is 15.4. The fourth-order valence-corrected chi connectivity index (χ4v) is 6.92. The lowest BCUT2D eigenvalue weighted by molar-refractivity contribution is 0.516. The molecule has 4 rings (SSSR count). The number of sulfone groups is 1. The number of halogens is 4. The molecule has 0 unspecified atom stereocenters. The molecule has 1 saturated heterocycles. The second-order valence-electron chi connectivity index (χ2n) is 7.38. The van der Waals surface area contributed by atoms with Gasteiger partial charge in [-0.3, -0.25) is 0 Å². The number of aromatic nitrogens is 1. The number of thiazole rings is 1. The molecule has 0 bridgehead atoms. The summed E-state index contributed by atoms with van der Waals surface area (Å²) in [6, 6.07) is 7.94. The molecule has 2 aromatic carbocycles. The molecule has 1 aliphatic rings. The molecular weight excluding hydrogens is 485 g/mol. The number of nitrogens with zero attached hydrogens (tertiary/aromatic N) is 2. The van der Waals surface area contributed by atoms with Crippen LogP contribution >= 0.6 is 34.5 Å². The van der Waals surface area contributed by atoms with Gasteiger partial charge in [-0.1, -0.05) is 23.2 Å². The molecule has 4 nitrogen and oxygen atoms in total. The highest BCUT2D eigenvalue weighted by molar-refractivity contribution is 7.92. The average molecular weight is 503 g/mol. The van der Waals surface area contributed by atoms with E-state index in [1.165, 1.54) is 11.3 Å². The molecule has 0 radical (unpaired) electrons. The molecule has 0 N–H and O–H groups in total.